The van der Waals surface area contributed by atoms with Crippen molar-refractivity contribution in [3.63, 3.8) is 0 Å². The number of carbonyl (C=O) groups is 1. The van der Waals surface area contributed by atoms with Crippen molar-refractivity contribution in [1.82, 2.24) is 0 Å². The van der Waals surface area contributed by atoms with E-state index in [1.807, 2.05) is 18.2 Å². The van der Waals surface area contributed by atoms with E-state index >= 15 is 0 Å². The van der Waals surface area contributed by atoms with Crippen molar-refractivity contribution in [3.05, 3.63) is 34.9 Å². The zero-order chi connectivity index (χ0) is 12.1. The third-order valence-corrected chi connectivity index (χ3v) is 2.91. The Bertz CT molecular complexity index is 382. The second kappa shape index (κ2) is 6.09. The largest absolute Gasteiger partial charge is 0.480 e. The van der Waals surface area contributed by atoms with Crippen LogP contribution in [0.15, 0.2) is 18.2 Å². The van der Waals surface area contributed by atoms with Crippen molar-refractivity contribution in [1.29, 1.82) is 0 Å². The lowest BCUT2D eigenvalue weighted by atomic mass is 10.0. The molecule has 0 spiro atoms. The Labute approximate surface area is 104 Å². The quantitative estimate of drug-likeness (QED) is 0.799. The highest BCUT2D eigenvalue weighted by Gasteiger charge is 2.12. The zero-order valence-corrected chi connectivity index (χ0v) is 10.1. The summed E-state index contributed by atoms with van der Waals surface area (Å²) < 4.78 is 0. The van der Waals surface area contributed by atoms with Crippen LogP contribution in [0.3, 0.4) is 0 Å². The summed E-state index contributed by atoms with van der Waals surface area (Å²) in [6, 6.07) is 4.66. The molecule has 1 aromatic rings. The number of hydrogen-bond acceptors (Lipinski definition) is 2. The van der Waals surface area contributed by atoms with Gasteiger partial charge in [0.25, 0.3) is 0 Å². The standard InChI is InChI=1S/C11H13Cl2NO2/c12-5-8-2-1-7(3-9(8)6-13)4-10(14)11(15)16/h1-3,10H,4-6,14H2,(H,15,16). The Morgan fingerprint density at radius 3 is 2.44 bits per heavy atom. The van der Waals surface area contributed by atoms with Crippen LogP contribution < -0.4 is 5.73 Å². The second-order valence-electron chi connectivity index (χ2n) is 3.52. The Balaban J connectivity index is 2.86. The Morgan fingerprint density at radius 1 is 1.31 bits per heavy atom. The fourth-order valence-electron chi connectivity index (χ4n) is 1.40. The number of alkyl halides is 2. The summed E-state index contributed by atoms with van der Waals surface area (Å²) >= 11 is 11.5. The van der Waals surface area contributed by atoms with Gasteiger partial charge in [-0.15, -0.1) is 23.2 Å². The molecular weight excluding hydrogens is 249 g/mol. The number of nitrogens with two attached hydrogens (primary N) is 1. The minimum Gasteiger partial charge on any atom is -0.480 e. The van der Waals surface area contributed by atoms with Gasteiger partial charge >= 0.3 is 5.97 Å². The number of aliphatic carboxylic acids is 1. The molecule has 0 aromatic heterocycles. The summed E-state index contributed by atoms with van der Waals surface area (Å²) in [6.07, 6.45) is 0.293. The van der Waals surface area contributed by atoms with Crippen LogP contribution in [-0.4, -0.2) is 17.1 Å². The molecule has 88 valence electrons. The molecule has 0 amide bonds. The Hall–Kier alpha value is -0.770. The fourth-order valence-corrected chi connectivity index (χ4v) is 1.91. The smallest absolute Gasteiger partial charge is 0.320 e. The molecule has 1 atom stereocenters. The lowest BCUT2D eigenvalue weighted by Gasteiger charge is -2.10. The maximum Gasteiger partial charge on any atom is 0.320 e. The van der Waals surface area contributed by atoms with E-state index in [0.29, 0.717) is 18.2 Å². The molecule has 0 aliphatic rings. The molecule has 0 saturated carbocycles. The van der Waals surface area contributed by atoms with Crippen LogP contribution in [0.4, 0.5) is 0 Å². The molecule has 0 aliphatic carbocycles. The maximum absolute atomic E-state index is 10.6. The lowest BCUT2D eigenvalue weighted by molar-refractivity contribution is -0.138. The van der Waals surface area contributed by atoms with Gasteiger partial charge in [-0.25, -0.2) is 0 Å². The summed E-state index contributed by atoms with van der Waals surface area (Å²) in [7, 11) is 0. The van der Waals surface area contributed by atoms with Gasteiger partial charge in [0, 0.05) is 11.8 Å². The summed E-state index contributed by atoms with van der Waals surface area (Å²) in [4.78, 5) is 10.6. The van der Waals surface area contributed by atoms with Gasteiger partial charge in [-0.1, -0.05) is 18.2 Å². The summed E-state index contributed by atoms with van der Waals surface area (Å²) in [5.41, 5.74) is 8.20. The molecule has 0 bridgehead atoms. The van der Waals surface area contributed by atoms with Gasteiger partial charge in [0.05, 0.1) is 0 Å². The summed E-state index contributed by atoms with van der Waals surface area (Å²) in [5.74, 6) is -0.250. The molecule has 3 nitrogen and oxygen atoms in total. The Kier molecular flexibility index (Phi) is 5.06. The van der Waals surface area contributed by atoms with Crippen LogP contribution in [0.25, 0.3) is 0 Å². The van der Waals surface area contributed by atoms with Crippen LogP contribution in [-0.2, 0) is 23.0 Å². The van der Waals surface area contributed by atoms with Crippen molar-refractivity contribution >= 4 is 29.2 Å². The average Bonchev–Trinajstić information content (AvgIpc) is 2.28. The Morgan fingerprint density at radius 2 is 1.94 bits per heavy atom. The van der Waals surface area contributed by atoms with Gasteiger partial charge in [-0.2, -0.15) is 0 Å². The molecule has 3 N–H and O–H groups in total. The van der Waals surface area contributed by atoms with Crippen molar-refractivity contribution in [3.8, 4) is 0 Å². The molecule has 5 heteroatoms. The van der Waals surface area contributed by atoms with Gasteiger partial charge in [-0.05, 0) is 23.1 Å². The minimum absolute atomic E-state index is 0.293. The van der Waals surface area contributed by atoms with E-state index in [-0.39, 0.29) is 0 Å². The van der Waals surface area contributed by atoms with Gasteiger partial charge in [-0.3, -0.25) is 4.79 Å². The van der Waals surface area contributed by atoms with E-state index in [0.717, 1.165) is 16.7 Å². The molecule has 0 fully saturated rings. The lowest BCUT2D eigenvalue weighted by Crippen LogP contribution is -2.32. The third-order valence-electron chi connectivity index (χ3n) is 2.33. The van der Waals surface area contributed by atoms with E-state index in [4.69, 9.17) is 34.0 Å². The fraction of sp³-hybridized carbons (Fsp3) is 0.364. The summed E-state index contributed by atoms with van der Waals surface area (Å²) in [6.45, 7) is 0. The van der Waals surface area contributed by atoms with Crippen LogP contribution in [0.2, 0.25) is 0 Å². The van der Waals surface area contributed by atoms with Crippen molar-refractivity contribution in [2.24, 2.45) is 5.73 Å². The number of carboxylic acid groups (broad SMARTS) is 1. The predicted molar refractivity (Wildman–Crippen MR) is 64.9 cm³/mol. The molecule has 1 aromatic carbocycles. The van der Waals surface area contributed by atoms with Gasteiger partial charge in [0.1, 0.15) is 6.04 Å². The number of carboxylic acids is 1. The molecule has 1 rings (SSSR count). The number of halogens is 2. The van der Waals surface area contributed by atoms with Gasteiger partial charge in [0.15, 0.2) is 0 Å². The number of hydrogen-bond donors (Lipinski definition) is 2. The van der Waals surface area contributed by atoms with E-state index in [9.17, 15) is 4.79 Å². The van der Waals surface area contributed by atoms with Crippen LogP contribution in [0.1, 0.15) is 16.7 Å². The number of rotatable bonds is 5. The third kappa shape index (κ3) is 3.37. The average molecular weight is 262 g/mol. The highest BCUT2D eigenvalue weighted by molar-refractivity contribution is 6.18. The molecular formula is C11H13Cl2NO2. The first kappa shape index (κ1) is 13.3. The second-order valence-corrected chi connectivity index (χ2v) is 4.05. The monoisotopic (exact) mass is 261 g/mol. The van der Waals surface area contributed by atoms with Gasteiger partial charge in [0.2, 0.25) is 0 Å². The summed E-state index contributed by atoms with van der Waals surface area (Å²) in [5, 5.41) is 8.70. The van der Waals surface area contributed by atoms with Crippen molar-refractivity contribution in [2.75, 3.05) is 0 Å². The van der Waals surface area contributed by atoms with E-state index in [1.54, 1.807) is 0 Å². The first-order valence-corrected chi connectivity index (χ1v) is 5.86. The highest BCUT2D eigenvalue weighted by atomic mass is 35.5. The van der Waals surface area contributed by atoms with Crippen LogP contribution >= 0.6 is 23.2 Å². The zero-order valence-electron chi connectivity index (χ0n) is 8.62. The van der Waals surface area contributed by atoms with Crippen LogP contribution in [0, 0.1) is 0 Å². The molecule has 16 heavy (non-hydrogen) atoms. The van der Waals surface area contributed by atoms with Gasteiger partial charge < -0.3 is 10.8 Å². The molecule has 1 unspecified atom stereocenters. The maximum atomic E-state index is 10.6. The van der Waals surface area contributed by atoms with E-state index < -0.39 is 12.0 Å². The predicted octanol–water partition coefficient (Wildman–Crippen LogP) is 2.12. The van der Waals surface area contributed by atoms with Crippen LogP contribution in [0.5, 0.6) is 0 Å². The molecule has 0 radical (unpaired) electrons. The van der Waals surface area contributed by atoms with Crippen molar-refractivity contribution in [2.45, 2.75) is 24.2 Å². The highest BCUT2D eigenvalue weighted by Crippen LogP contribution is 2.17. The molecule has 0 aliphatic heterocycles. The minimum atomic E-state index is -1.01. The van der Waals surface area contributed by atoms with Crippen molar-refractivity contribution < 1.29 is 9.90 Å². The normalized spacial score (nSPS) is 12.4. The first-order chi connectivity index (χ1) is 7.58. The SMILES string of the molecule is NC(Cc1ccc(CCl)c(CCl)c1)C(=O)O. The first-order valence-electron chi connectivity index (χ1n) is 4.79. The van der Waals surface area contributed by atoms with E-state index in [1.165, 1.54) is 0 Å². The number of benzene rings is 1. The van der Waals surface area contributed by atoms with E-state index in [2.05, 4.69) is 0 Å². The topological polar surface area (TPSA) is 63.3 Å². The molecule has 0 heterocycles. The molecule has 0 saturated heterocycles.